The van der Waals surface area contributed by atoms with Gasteiger partial charge in [-0.1, -0.05) is 41.9 Å². The van der Waals surface area contributed by atoms with Gasteiger partial charge in [0.25, 0.3) is 0 Å². The molecule has 2 N–H and O–H groups in total. The third-order valence-corrected chi connectivity index (χ3v) is 7.00. The number of nitrogens with zero attached hydrogens (tertiary/aromatic N) is 2. The number of anilines is 1. The van der Waals surface area contributed by atoms with Crippen molar-refractivity contribution < 1.29 is 4.74 Å². The summed E-state index contributed by atoms with van der Waals surface area (Å²) in [5.41, 5.74) is 3.39. The molecule has 6 rings (SSSR count). The normalized spacial score (nSPS) is 21.6. The van der Waals surface area contributed by atoms with Crippen LogP contribution in [0.4, 0.5) is 5.69 Å². The first-order valence-electron chi connectivity index (χ1n) is 11.3. The lowest BCUT2D eigenvalue weighted by atomic mass is 9.84. The van der Waals surface area contributed by atoms with Crippen molar-refractivity contribution in [1.29, 1.82) is 0 Å². The lowest BCUT2D eigenvalue weighted by molar-refractivity contribution is 0.142. The summed E-state index contributed by atoms with van der Waals surface area (Å²) in [6.45, 7) is 1.32. The number of benzene rings is 2. The maximum absolute atomic E-state index is 6.35. The summed E-state index contributed by atoms with van der Waals surface area (Å²) in [4.78, 5) is 3.57. The van der Waals surface area contributed by atoms with Crippen LogP contribution < -0.4 is 20.8 Å². The molecule has 1 aromatic heterocycles. The molecular weight excluding hydrogens is 455 g/mol. The van der Waals surface area contributed by atoms with Crippen molar-refractivity contribution in [3.05, 3.63) is 69.8 Å². The second-order valence-electron chi connectivity index (χ2n) is 8.77. The van der Waals surface area contributed by atoms with Gasteiger partial charge >= 0.3 is 0 Å². The highest BCUT2D eigenvalue weighted by Crippen LogP contribution is 2.35. The van der Waals surface area contributed by atoms with Gasteiger partial charge in [0.05, 0.1) is 34.7 Å². The van der Waals surface area contributed by atoms with Gasteiger partial charge in [0.1, 0.15) is 5.75 Å². The third-order valence-electron chi connectivity index (χ3n) is 6.74. The first-order valence-corrected chi connectivity index (χ1v) is 11.7. The largest absolute Gasteiger partial charge is 0.490 e. The van der Waals surface area contributed by atoms with Crippen molar-refractivity contribution in [2.24, 2.45) is 16.1 Å². The molecule has 0 saturated heterocycles. The molecule has 0 bridgehead atoms. The maximum atomic E-state index is 6.35. The maximum Gasteiger partial charge on any atom is 0.120 e. The van der Waals surface area contributed by atoms with Gasteiger partial charge in [-0.3, -0.25) is 0 Å². The van der Waals surface area contributed by atoms with Gasteiger partial charge in [0.2, 0.25) is 0 Å². The van der Waals surface area contributed by atoms with E-state index in [1.54, 1.807) is 0 Å². The topological polar surface area (TPSA) is 61.8 Å². The van der Waals surface area contributed by atoms with E-state index in [0.717, 1.165) is 65.1 Å². The number of nitrogens with one attached hydrogen (secondary N) is 2. The summed E-state index contributed by atoms with van der Waals surface area (Å²) in [7, 11) is 0. The van der Waals surface area contributed by atoms with E-state index in [1.807, 2.05) is 12.2 Å². The Balaban J connectivity index is 0.00000228. The van der Waals surface area contributed by atoms with Crippen molar-refractivity contribution in [2.45, 2.75) is 38.3 Å². The Morgan fingerprint density at radius 1 is 1.00 bits per heavy atom. The molecule has 1 fully saturated rings. The molecule has 0 unspecified atom stereocenters. The summed E-state index contributed by atoms with van der Waals surface area (Å²) in [5, 5.41) is 17.9. The Labute approximate surface area is 203 Å². The number of H-pyrrole nitrogens is 1. The van der Waals surface area contributed by atoms with Crippen molar-refractivity contribution in [2.75, 3.05) is 11.9 Å². The molecule has 3 aromatic rings. The van der Waals surface area contributed by atoms with E-state index < -0.39 is 0 Å². The first-order chi connectivity index (χ1) is 15.7. The lowest BCUT2D eigenvalue weighted by Crippen LogP contribution is -2.28. The Bertz CT molecular complexity index is 1370. The van der Waals surface area contributed by atoms with E-state index in [0.29, 0.717) is 12.5 Å². The predicted octanol–water partition coefficient (Wildman–Crippen LogP) is 5.63. The number of hydrogen-bond acceptors (Lipinski definition) is 4. The fourth-order valence-corrected chi connectivity index (χ4v) is 5.29. The van der Waals surface area contributed by atoms with Crippen molar-refractivity contribution in [1.82, 2.24) is 4.98 Å². The van der Waals surface area contributed by atoms with E-state index >= 15 is 0 Å². The van der Waals surface area contributed by atoms with Gasteiger partial charge < -0.3 is 15.0 Å². The second-order valence-corrected chi connectivity index (χ2v) is 9.20. The molecule has 2 aromatic carbocycles. The summed E-state index contributed by atoms with van der Waals surface area (Å²) < 4.78 is 6.35. The minimum atomic E-state index is 0. The molecule has 3 aliphatic rings. The third kappa shape index (κ3) is 4.28. The van der Waals surface area contributed by atoms with Crippen LogP contribution in [0, 0.1) is 5.92 Å². The average Bonchev–Trinajstić information content (AvgIpc) is 3.05. The highest BCUT2D eigenvalue weighted by Gasteiger charge is 2.28. The van der Waals surface area contributed by atoms with Crippen LogP contribution in [0.3, 0.4) is 0 Å². The molecule has 2 aliphatic heterocycles. The summed E-state index contributed by atoms with van der Waals surface area (Å²) in [5.74, 6) is 1.35. The fraction of sp³-hybridized carbons (Fsp3) is 0.308. The smallest absolute Gasteiger partial charge is 0.120 e. The number of ether oxygens (including phenoxy) is 1. The van der Waals surface area contributed by atoms with Crippen LogP contribution >= 0.6 is 24.0 Å². The van der Waals surface area contributed by atoms with Crippen molar-refractivity contribution >= 4 is 52.2 Å². The molecule has 0 amide bonds. The number of azo groups is 1. The van der Waals surface area contributed by atoms with Crippen LogP contribution in [0.15, 0.2) is 63.8 Å². The SMILES string of the molecule is Cl.ClC1=CCNc2c3c([nH]c2=C1)=C([C@H]1CC[C@H](Oc2ccc4ccccc4c2)CC1)N=NC3. The monoisotopic (exact) mass is 480 g/mol. The standard InChI is InChI=1S/C26H25ClN4O.ClH/c27-19-11-12-28-25-22-15-29-31-24(26(22)30-23(25)14-19)17-6-8-20(9-7-17)32-21-10-5-16-3-1-2-4-18(16)13-21;/h1-5,10-11,13-14,17,20,28,30H,6-9,12,15H2;1H/t17-,20-;. The van der Waals surface area contributed by atoms with Gasteiger partial charge in [-0.05, 0) is 60.7 Å². The number of allylic oxidation sites excluding steroid dienone is 1. The van der Waals surface area contributed by atoms with Gasteiger partial charge in [0.15, 0.2) is 0 Å². The highest BCUT2D eigenvalue weighted by molar-refractivity contribution is 6.34. The molecule has 5 nitrogen and oxygen atoms in total. The number of hydrogen-bond donors (Lipinski definition) is 2. The Kier molecular flexibility index (Phi) is 6.17. The van der Waals surface area contributed by atoms with Crippen LogP contribution in [0.5, 0.6) is 5.75 Å². The van der Waals surface area contributed by atoms with E-state index in [1.165, 1.54) is 16.3 Å². The van der Waals surface area contributed by atoms with Crippen LogP contribution in [0.2, 0.25) is 0 Å². The first kappa shape index (κ1) is 22.1. The molecule has 33 heavy (non-hydrogen) atoms. The number of halogens is 2. The van der Waals surface area contributed by atoms with Crippen LogP contribution in [0.1, 0.15) is 31.2 Å². The molecule has 0 spiro atoms. The Morgan fingerprint density at radius 3 is 2.67 bits per heavy atom. The fourth-order valence-electron chi connectivity index (χ4n) is 5.10. The average molecular weight is 481 g/mol. The lowest BCUT2D eigenvalue weighted by Gasteiger charge is -2.29. The zero-order chi connectivity index (χ0) is 21.5. The molecule has 0 atom stereocenters. The van der Waals surface area contributed by atoms with E-state index in [9.17, 15) is 0 Å². The van der Waals surface area contributed by atoms with Crippen LogP contribution in [0.25, 0.3) is 22.5 Å². The Morgan fingerprint density at radius 2 is 1.82 bits per heavy atom. The zero-order valence-corrected chi connectivity index (χ0v) is 19.8. The molecule has 7 heteroatoms. The number of rotatable bonds is 3. The molecule has 3 heterocycles. The van der Waals surface area contributed by atoms with Crippen LogP contribution in [-0.2, 0) is 6.54 Å². The zero-order valence-electron chi connectivity index (χ0n) is 18.2. The van der Waals surface area contributed by atoms with Gasteiger partial charge in [-0.25, -0.2) is 0 Å². The molecule has 1 saturated carbocycles. The summed E-state index contributed by atoms with van der Waals surface area (Å²) in [6.07, 6.45) is 8.35. The second kappa shape index (κ2) is 9.24. The molecule has 0 radical (unpaired) electrons. The van der Waals surface area contributed by atoms with Crippen LogP contribution in [-0.4, -0.2) is 17.6 Å². The highest BCUT2D eigenvalue weighted by atomic mass is 35.5. The number of aromatic amines is 1. The minimum absolute atomic E-state index is 0. The van der Waals surface area contributed by atoms with E-state index in [-0.39, 0.29) is 18.5 Å². The summed E-state index contributed by atoms with van der Waals surface area (Å²) >= 11 is 6.29. The number of aromatic nitrogens is 1. The molecular formula is C26H26Cl2N4O. The predicted molar refractivity (Wildman–Crippen MR) is 136 cm³/mol. The van der Waals surface area contributed by atoms with Gasteiger partial charge in [-0.15, -0.1) is 12.4 Å². The summed E-state index contributed by atoms with van der Waals surface area (Å²) in [6, 6.07) is 14.8. The Hall–Kier alpha value is -2.76. The quantitative estimate of drug-likeness (QED) is 0.510. The molecule has 1 aliphatic carbocycles. The van der Waals surface area contributed by atoms with Crippen molar-refractivity contribution in [3.63, 3.8) is 0 Å². The minimum Gasteiger partial charge on any atom is -0.490 e. The number of fused-ring (bicyclic) bond motifs is 4. The van der Waals surface area contributed by atoms with Gasteiger partial charge in [0, 0.05) is 23.1 Å². The van der Waals surface area contributed by atoms with Gasteiger partial charge in [-0.2, -0.15) is 10.2 Å². The van der Waals surface area contributed by atoms with Crippen molar-refractivity contribution in [3.8, 4) is 5.75 Å². The molecule has 170 valence electrons. The van der Waals surface area contributed by atoms with E-state index in [2.05, 4.69) is 63.0 Å². The van der Waals surface area contributed by atoms with E-state index in [4.69, 9.17) is 16.3 Å².